The normalized spacial score (nSPS) is 19.4. The predicted octanol–water partition coefficient (Wildman–Crippen LogP) is 0.455. The molecule has 1 aliphatic rings. The highest BCUT2D eigenvalue weighted by atomic mass is 16.2. The van der Waals surface area contributed by atoms with E-state index in [2.05, 4.69) is 5.32 Å². The Morgan fingerprint density at radius 2 is 1.89 bits per heavy atom. The predicted molar refractivity (Wildman–Crippen MR) is 71.2 cm³/mol. The second-order valence-corrected chi connectivity index (χ2v) is 4.76. The van der Waals surface area contributed by atoms with E-state index in [0.717, 1.165) is 25.8 Å². The third-order valence-corrected chi connectivity index (χ3v) is 3.47. The summed E-state index contributed by atoms with van der Waals surface area (Å²) < 4.78 is 0. The Kier molecular flexibility index (Phi) is 6.12. The monoisotopic (exact) mass is 255 g/mol. The van der Waals surface area contributed by atoms with Crippen LogP contribution in [0.1, 0.15) is 33.1 Å². The van der Waals surface area contributed by atoms with Crippen LogP contribution in [0.5, 0.6) is 0 Å². The van der Waals surface area contributed by atoms with Crippen LogP contribution in [-0.2, 0) is 9.59 Å². The molecule has 1 heterocycles. The molecule has 104 valence electrons. The zero-order valence-corrected chi connectivity index (χ0v) is 11.7. The van der Waals surface area contributed by atoms with Crippen molar-refractivity contribution >= 4 is 11.8 Å². The van der Waals surface area contributed by atoms with Crippen LogP contribution < -0.4 is 5.32 Å². The molecule has 0 aromatic carbocycles. The molecule has 0 aromatic heterocycles. The van der Waals surface area contributed by atoms with E-state index in [1.54, 1.807) is 16.8 Å². The van der Waals surface area contributed by atoms with Gasteiger partial charge in [0.15, 0.2) is 0 Å². The number of hydrogen-bond acceptors (Lipinski definition) is 3. The van der Waals surface area contributed by atoms with Crippen LogP contribution >= 0.6 is 0 Å². The highest BCUT2D eigenvalue weighted by molar-refractivity contribution is 5.87. The van der Waals surface area contributed by atoms with Gasteiger partial charge in [-0.3, -0.25) is 9.59 Å². The molecule has 2 amide bonds. The van der Waals surface area contributed by atoms with Crippen molar-refractivity contribution in [2.45, 2.75) is 39.2 Å². The quantitative estimate of drug-likeness (QED) is 0.776. The molecule has 0 saturated carbocycles. The molecule has 1 atom stereocenters. The SMILES string of the molecule is CCN(CC)C(=O)CN(C)C(=O)C1CCCCN1. The van der Waals surface area contributed by atoms with Gasteiger partial charge in [0.1, 0.15) is 0 Å². The molecule has 18 heavy (non-hydrogen) atoms. The molecule has 1 aliphatic heterocycles. The lowest BCUT2D eigenvalue weighted by molar-refractivity contribution is -0.140. The lowest BCUT2D eigenvalue weighted by Crippen LogP contribution is -2.50. The lowest BCUT2D eigenvalue weighted by Gasteiger charge is -2.28. The maximum Gasteiger partial charge on any atom is 0.242 e. The van der Waals surface area contributed by atoms with Gasteiger partial charge < -0.3 is 15.1 Å². The zero-order valence-electron chi connectivity index (χ0n) is 11.7. The van der Waals surface area contributed by atoms with E-state index in [4.69, 9.17) is 0 Å². The number of piperidine rings is 1. The van der Waals surface area contributed by atoms with Gasteiger partial charge in [-0.05, 0) is 33.2 Å². The first-order valence-electron chi connectivity index (χ1n) is 6.86. The average Bonchev–Trinajstić information content (AvgIpc) is 2.40. The smallest absolute Gasteiger partial charge is 0.242 e. The van der Waals surface area contributed by atoms with Gasteiger partial charge in [0.25, 0.3) is 0 Å². The first-order chi connectivity index (χ1) is 8.60. The van der Waals surface area contributed by atoms with E-state index in [-0.39, 0.29) is 24.4 Å². The highest BCUT2D eigenvalue weighted by Gasteiger charge is 2.25. The van der Waals surface area contributed by atoms with Crippen molar-refractivity contribution in [1.82, 2.24) is 15.1 Å². The van der Waals surface area contributed by atoms with Gasteiger partial charge in [0.2, 0.25) is 11.8 Å². The van der Waals surface area contributed by atoms with Crippen LogP contribution in [0, 0.1) is 0 Å². The van der Waals surface area contributed by atoms with E-state index in [0.29, 0.717) is 13.1 Å². The van der Waals surface area contributed by atoms with Crippen LogP contribution in [0.15, 0.2) is 0 Å². The van der Waals surface area contributed by atoms with E-state index < -0.39 is 0 Å². The molecule has 1 rings (SSSR count). The number of nitrogens with one attached hydrogen (secondary N) is 1. The lowest BCUT2D eigenvalue weighted by atomic mass is 10.0. The van der Waals surface area contributed by atoms with Crippen LogP contribution in [-0.4, -0.2) is 60.9 Å². The van der Waals surface area contributed by atoms with Crippen molar-refractivity contribution in [2.75, 3.05) is 33.2 Å². The van der Waals surface area contributed by atoms with Gasteiger partial charge in [-0.25, -0.2) is 0 Å². The molecule has 5 nitrogen and oxygen atoms in total. The Hall–Kier alpha value is -1.10. The Morgan fingerprint density at radius 3 is 2.39 bits per heavy atom. The van der Waals surface area contributed by atoms with Crippen molar-refractivity contribution in [3.63, 3.8) is 0 Å². The fourth-order valence-electron chi connectivity index (χ4n) is 2.29. The minimum absolute atomic E-state index is 0.0201. The minimum Gasteiger partial charge on any atom is -0.342 e. The summed E-state index contributed by atoms with van der Waals surface area (Å²) >= 11 is 0. The van der Waals surface area contributed by atoms with Crippen LogP contribution in [0.25, 0.3) is 0 Å². The molecule has 0 bridgehead atoms. The molecular weight excluding hydrogens is 230 g/mol. The summed E-state index contributed by atoms with van der Waals surface area (Å²) in [6.07, 6.45) is 3.09. The number of hydrogen-bond donors (Lipinski definition) is 1. The van der Waals surface area contributed by atoms with Gasteiger partial charge in [0.05, 0.1) is 12.6 Å². The van der Waals surface area contributed by atoms with Gasteiger partial charge in [-0.15, -0.1) is 0 Å². The molecule has 1 fully saturated rings. The number of carbonyl (C=O) groups excluding carboxylic acids is 2. The molecule has 1 saturated heterocycles. The van der Waals surface area contributed by atoms with E-state index in [9.17, 15) is 9.59 Å². The van der Waals surface area contributed by atoms with Gasteiger partial charge in [-0.2, -0.15) is 0 Å². The summed E-state index contributed by atoms with van der Waals surface area (Å²) in [7, 11) is 1.71. The maximum absolute atomic E-state index is 12.1. The first-order valence-corrected chi connectivity index (χ1v) is 6.86. The Labute approximate surface area is 110 Å². The molecule has 0 aromatic rings. The molecule has 0 aliphatic carbocycles. The Morgan fingerprint density at radius 1 is 1.22 bits per heavy atom. The molecule has 0 spiro atoms. The number of nitrogens with zero attached hydrogens (tertiary/aromatic N) is 2. The first kappa shape index (κ1) is 15.0. The summed E-state index contributed by atoms with van der Waals surface area (Å²) in [5, 5.41) is 3.21. The van der Waals surface area contributed by atoms with Crippen molar-refractivity contribution in [3.05, 3.63) is 0 Å². The van der Waals surface area contributed by atoms with Crippen molar-refractivity contribution in [2.24, 2.45) is 0 Å². The molecule has 1 unspecified atom stereocenters. The second-order valence-electron chi connectivity index (χ2n) is 4.76. The summed E-state index contributed by atoms with van der Waals surface area (Å²) in [4.78, 5) is 27.3. The van der Waals surface area contributed by atoms with Crippen LogP contribution in [0.3, 0.4) is 0 Å². The van der Waals surface area contributed by atoms with Crippen molar-refractivity contribution in [3.8, 4) is 0 Å². The Balaban J connectivity index is 2.45. The maximum atomic E-state index is 12.1. The fourth-order valence-corrected chi connectivity index (χ4v) is 2.29. The van der Waals surface area contributed by atoms with Gasteiger partial charge in [-0.1, -0.05) is 6.42 Å². The third-order valence-electron chi connectivity index (χ3n) is 3.47. The third kappa shape index (κ3) is 3.98. The van der Waals surface area contributed by atoms with Crippen LogP contribution in [0.2, 0.25) is 0 Å². The summed E-state index contributed by atoms with van der Waals surface area (Å²) in [5.74, 6) is 0.0573. The zero-order chi connectivity index (χ0) is 13.5. The summed E-state index contributed by atoms with van der Waals surface area (Å²) in [6.45, 7) is 6.36. The highest BCUT2D eigenvalue weighted by Crippen LogP contribution is 2.09. The largest absolute Gasteiger partial charge is 0.342 e. The standard InChI is InChI=1S/C13H25N3O2/c1-4-16(5-2)12(17)10-15(3)13(18)11-8-6-7-9-14-11/h11,14H,4-10H2,1-3H3. The molecule has 0 radical (unpaired) electrons. The Bertz CT molecular complexity index is 284. The number of carbonyl (C=O) groups is 2. The second kappa shape index (κ2) is 7.36. The minimum atomic E-state index is -0.103. The van der Waals surface area contributed by atoms with E-state index in [1.807, 2.05) is 13.8 Å². The van der Waals surface area contributed by atoms with Gasteiger partial charge >= 0.3 is 0 Å². The average molecular weight is 255 g/mol. The number of likely N-dealkylation sites (N-methyl/N-ethyl adjacent to an activating group) is 2. The van der Waals surface area contributed by atoms with Crippen molar-refractivity contribution in [1.29, 1.82) is 0 Å². The summed E-state index contributed by atoms with van der Waals surface area (Å²) in [5.41, 5.74) is 0. The molecule has 5 heteroatoms. The molecule has 1 N–H and O–H groups in total. The summed E-state index contributed by atoms with van der Waals surface area (Å²) in [6, 6.07) is -0.103. The topological polar surface area (TPSA) is 52.7 Å². The molecular formula is C13H25N3O2. The van der Waals surface area contributed by atoms with E-state index >= 15 is 0 Å². The number of rotatable bonds is 5. The fraction of sp³-hybridized carbons (Fsp3) is 0.846. The van der Waals surface area contributed by atoms with Crippen molar-refractivity contribution < 1.29 is 9.59 Å². The van der Waals surface area contributed by atoms with Crippen LogP contribution in [0.4, 0.5) is 0 Å². The number of amides is 2. The van der Waals surface area contributed by atoms with E-state index in [1.165, 1.54) is 0 Å². The van der Waals surface area contributed by atoms with Gasteiger partial charge in [0, 0.05) is 20.1 Å².